The Kier molecular flexibility index (Phi) is 3.00. The van der Waals surface area contributed by atoms with Crippen molar-refractivity contribution in [3.63, 3.8) is 0 Å². The number of hydrogen-bond acceptors (Lipinski definition) is 3. The van der Waals surface area contributed by atoms with E-state index in [1.165, 1.54) is 10.9 Å². The zero-order valence-corrected chi connectivity index (χ0v) is 10.1. The van der Waals surface area contributed by atoms with Crippen molar-refractivity contribution in [1.29, 1.82) is 0 Å². The van der Waals surface area contributed by atoms with Gasteiger partial charge < -0.3 is 5.32 Å². The van der Waals surface area contributed by atoms with E-state index in [2.05, 4.69) is 31.2 Å². The topological polar surface area (TPSA) is 59.8 Å². The molecule has 5 nitrogen and oxygen atoms in total. The summed E-state index contributed by atoms with van der Waals surface area (Å²) in [5.41, 5.74) is 1.43. The highest BCUT2D eigenvalue weighted by atomic mass is 79.9. The predicted octanol–water partition coefficient (Wildman–Crippen LogP) is 2.43. The molecule has 1 N–H and O–H groups in total. The quantitative estimate of drug-likeness (QED) is 0.817. The number of nitrogens with zero attached hydrogens (tertiary/aromatic N) is 3. The van der Waals surface area contributed by atoms with Gasteiger partial charge in [-0.05, 0) is 35.0 Å². The summed E-state index contributed by atoms with van der Waals surface area (Å²) < 4.78 is 2.10. The standard InChI is InChI=1S/C10H9BrN4O/c1-7-8(2-3-9(11)13-7)14-10(16)15-5-4-12-6-15/h2-6H,1H3,(H,14,16). The monoisotopic (exact) mass is 280 g/mol. The minimum absolute atomic E-state index is 0.260. The second kappa shape index (κ2) is 4.44. The lowest BCUT2D eigenvalue weighted by Crippen LogP contribution is -2.18. The van der Waals surface area contributed by atoms with E-state index in [1.807, 2.05) is 6.92 Å². The molecule has 16 heavy (non-hydrogen) atoms. The molecule has 0 fully saturated rings. The van der Waals surface area contributed by atoms with Crippen LogP contribution in [0.1, 0.15) is 5.69 Å². The van der Waals surface area contributed by atoms with E-state index in [0.29, 0.717) is 5.69 Å². The molecule has 82 valence electrons. The average Bonchev–Trinajstić information content (AvgIpc) is 2.75. The summed E-state index contributed by atoms with van der Waals surface area (Å²) in [4.78, 5) is 19.7. The third-order valence-corrected chi connectivity index (χ3v) is 2.47. The maximum atomic E-state index is 11.7. The number of aromatic nitrogens is 3. The van der Waals surface area contributed by atoms with Crippen molar-refractivity contribution in [1.82, 2.24) is 14.5 Å². The van der Waals surface area contributed by atoms with Gasteiger partial charge in [0.05, 0.1) is 11.4 Å². The molecular weight excluding hydrogens is 272 g/mol. The fraction of sp³-hybridized carbons (Fsp3) is 0.100. The van der Waals surface area contributed by atoms with Gasteiger partial charge in [-0.25, -0.2) is 14.8 Å². The van der Waals surface area contributed by atoms with Crippen LogP contribution >= 0.6 is 15.9 Å². The second-order valence-electron chi connectivity index (χ2n) is 3.17. The van der Waals surface area contributed by atoms with E-state index in [9.17, 15) is 4.79 Å². The van der Waals surface area contributed by atoms with Crippen LogP contribution in [0, 0.1) is 6.92 Å². The number of pyridine rings is 1. The van der Waals surface area contributed by atoms with Gasteiger partial charge >= 0.3 is 6.03 Å². The summed E-state index contributed by atoms with van der Waals surface area (Å²) >= 11 is 3.26. The van der Waals surface area contributed by atoms with E-state index in [1.54, 1.807) is 24.5 Å². The number of carbonyl (C=O) groups is 1. The Morgan fingerprint density at radius 2 is 2.31 bits per heavy atom. The van der Waals surface area contributed by atoms with Crippen LogP contribution in [0.25, 0.3) is 0 Å². The van der Waals surface area contributed by atoms with Gasteiger partial charge in [-0.2, -0.15) is 0 Å². The van der Waals surface area contributed by atoms with Gasteiger partial charge in [0.25, 0.3) is 0 Å². The van der Waals surface area contributed by atoms with Crippen molar-refractivity contribution >= 4 is 27.6 Å². The van der Waals surface area contributed by atoms with E-state index >= 15 is 0 Å². The van der Waals surface area contributed by atoms with Gasteiger partial charge in [0.15, 0.2) is 0 Å². The highest BCUT2D eigenvalue weighted by molar-refractivity contribution is 9.10. The normalized spacial score (nSPS) is 10.1. The lowest BCUT2D eigenvalue weighted by molar-refractivity contribution is 0.253. The maximum Gasteiger partial charge on any atom is 0.331 e. The van der Waals surface area contributed by atoms with Gasteiger partial charge in [0, 0.05) is 12.4 Å². The molecule has 0 radical (unpaired) electrons. The number of imidazole rings is 1. The number of nitrogens with one attached hydrogen (secondary N) is 1. The molecule has 0 saturated heterocycles. The Morgan fingerprint density at radius 1 is 1.50 bits per heavy atom. The molecule has 0 aliphatic heterocycles. The third kappa shape index (κ3) is 2.27. The van der Waals surface area contributed by atoms with Crippen LogP contribution in [0.3, 0.4) is 0 Å². The Hall–Kier alpha value is -1.69. The number of hydrogen-bond donors (Lipinski definition) is 1. The molecule has 1 amide bonds. The van der Waals surface area contributed by atoms with Crippen molar-refractivity contribution < 1.29 is 4.79 Å². The number of amides is 1. The number of aryl methyl sites for hydroxylation is 1. The fourth-order valence-electron chi connectivity index (χ4n) is 1.22. The highest BCUT2D eigenvalue weighted by Crippen LogP contribution is 2.16. The lowest BCUT2D eigenvalue weighted by atomic mass is 10.3. The molecule has 6 heteroatoms. The van der Waals surface area contributed by atoms with E-state index in [4.69, 9.17) is 0 Å². The van der Waals surface area contributed by atoms with Crippen molar-refractivity contribution in [2.45, 2.75) is 6.92 Å². The molecule has 2 rings (SSSR count). The molecule has 0 saturated carbocycles. The summed E-state index contributed by atoms with van der Waals surface area (Å²) in [7, 11) is 0. The third-order valence-electron chi connectivity index (χ3n) is 2.03. The molecule has 0 spiro atoms. The van der Waals surface area contributed by atoms with Crippen molar-refractivity contribution in [3.05, 3.63) is 41.2 Å². The molecule has 0 atom stereocenters. The van der Waals surface area contributed by atoms with Gasteiger partial charge in [-0.15, -0.1) is 0 Å². The summed E-state index contributed by atoms with van der Waals surface area (Å²) in [5, 5.41) is 2.74. The molecule has 0 unspecified atom stereocenters. The summed E-state index contributed by atoms with van der Waals surface area (Å²) in [6, 6.07) is 3.31. The van der Waals surface area contributed by atoms with Crippen molar-refractivity contribution in [3.8, 4) is 0 Å². The number of anilines is 1. The van der Waals surface area contributed by atoms with Crippen LogP contribution in [0.4, 0.5) is 10.5 Å². The van der Waals surface area contributed by atoms with Gasteiger partial charge in [-0.3, -0.25) is 4.57 Å². The first-order chi connectivity index (χ1) is 7.66. The van der Waals surface area contributed by atoms with Crippen LogP contribution in [0.2, 0.25) is 0 Å². The smallest absolute Gasteiger partial charge is 0.305 e. The van der Waals surface area contributed by atoms with Gasteiger partial charge in [-0.1, -0.05) is 0 Å². The maximum absolute atomic E-state index is 11.7. The zero-order valence-electron chi connectivity index (χ0n) is 8.51. The fourth-order valence-corrected chi connectivity index (χ4v) is 1.62. The Labute approximate surface area is 101 Å². The molecule has 0 aliphatic rings. The van der Waals surface area contributed by atoms with Crippen LogP contribution in [0.15, 0.2) is 35.5 Å². The largest absolute Gasteiger partial charge is 0.331 e. The average molecular weight is 281 g/mol. The first kappa shape index (κ1) is 10.8. The van der Waals surface area contributed by atoms with E-state index in [0.717, 1.165) is 10.3 Å². The first-order valence-electron chi connectivity index (χ1n) is 4.59. The Balaban J connectivity index is 2.18. The number of rotatable bonds is 1. The summed E-state index contributed by atoms with van der Waals surface area (Å²) in [6.45, 7) is 1.83. The molecule has 2 aromatic heterocycles. The molecule has 0 bridgehead atoms. The van der Waals surface area contributed by atoms with Crippen LogP contribution in [0.5, 0.6) is 0 Å². The molecule has 0 aliphatic carbocycles. The Morgan fingerprint density at radius 3 is 2.94 bits per heavy atom. The molecule has 2 aromatic rings. The first-order valence-corrected chi connectivity index (χ1v) is 5.38. The van der Waals surface area contributed by atoms with Crippen LogP contribution in [-0.2, 0) is 0 Å². The van der Waals surface area contributed by atoms with Gasteiger partial charge in [0.1, 0.15) is 10.9 Å². The van der Waals surface area contributed by atoms with Crippen molar-refractivity contribution in [2.75, 3.05) is 5.32 Å². The minimum atomic E-state index is -0.260. The second-order valence-corrected chi connectivity index (χ2v) is 3.98. The van der Waals surface area contributed by atoms with E-state index in [-0.39, 0.29) is 6.03 Å². The minimum Gasteiger partial charge on any atom is -0.305 e. The summed E-state index contributed by atoms with van der Waals surface area (Å²) in [5.74, 6) is 0. The molecule has 0 aromatic carbocycles. The van der Waals surface area contributed by atoms with Gasteiger partial charge in [0.2, 0.25) is 0 Å². The molecule has 2 heterocycles. The highest BCUT2D eigenvalue weighted by Gasteiger charge is 2.06. The lowest BCUT2D eigenvalue weighted by Gasteiger charge is -2.07. The predicted molar refractivity (Wildman–Crippen MR) is 63.3 cm³/mol. The summed E-state index contributed by atoms with van der Waals surface area (Å²) in [6.07, 6.45) is 4.57. The SMILES string of the molecule is Cc1nc(Br)ccc1NC(=O)n1ccnc1. The zero-order chi connectivity index (χ0) is 11.5. The van der Waals surface area contributed by atoms with Crippen LogP contribution < -0.4 is 5.32 Å². The van der Waals surface area contributed by atoms with Crippen LogP contribution in [-0.4, -0.2) is 20.6 Å². The van der Waals surface area contributed by atoms with E-state index < -0.39 is 0 Å². The molecular formula is C10H9BrN4O. The Bertz CT molecular complexity index is 510. The number of halogens is 1. The van der Waals surface area contributed by atoms with Crippen molar-refractivity contribution in [2.24, 2.45) is 0 Å². The number of carbonyl (C=O) groups excluding carboxylic acids is 1.